The first-order chi connectivity index (χ1) is 6.86. The maximum absolute atomic E-state index is 11.5. The largest absolute Gasteiger partial charge is 0.292 e. The molecule has 0 aliphatic heterocycles. The van der Waals surface area contributed by atoms with E-state index in [1.807, 2.05) is 0 Å². The Morgan fingerprint density at radius 3 is 3.14 bits per heavy atom. The van der Waals surface area contributed by atoms with Crippen LogP contribution in [0, 0.1) is 0 Å². The molecule has 0 amide bonds. The van der Waals surface area contributed by atoms with Gasteiger partial charge in [0, 0.05) is 12.5 Å². The summed E-state index contributed by atoms with van der Waals surface area (Å²) >= 11 is 0. The van der Waals surface area contributed by atoms with Crippen molar-refractivity contribution >= 4 is 11.4 Å². The number of rotatable bonds is 0. The fourth-order valence-electron chi connectivity index (χ4n) is 1.82. The molecular weight excluding hydrogens is 180 g/mol. The Hall–Kier alpha value is -1.78. The molecule has 70 valence electrons. The van der Waals surface area contributed by atoms with E-state index in [1.165, 1.54) is 0 Å². The van der Waals surface area contributed by atoms with Gasteiger partial charge in [0.25, 0.3) is 0 Å². The van der Waals surface area contributed by atoms with Crippen LogP contribution in [0.5, 0.6) is 0 Å². The Morgan fingerprint density at radius 2 is 2.21 bits per heavy atom. The number of carbonyl (C=O) groups is 1. The van der Waals surface area contributed by atoms with Crippen LogP contribution in [-0.4, -0.2) is 25.6 Å². The van der Waals surface area contributed by atoms with Crippen LogP contribution in [0.15, 0.2) is 12.3 Å². The molecule has 0 radical (unpaired) electrons. The minimum absolute atomic E-state index is 0.0798. The van der Waals surface area contributed by atoms with Crippen LogP contribution in [-0.2, 0) is 6.42 Å². The first-order valence-corrected chi connectivity index (χ1v) is 4.59. The molecular formula is C9H8N4O. The van der Waals surface area contributed by atoms with Gasteiger partial charge in [-0.2, -0.15) is 5.10 Å². The molecule has 1 aliphatic rings. The Morgan fingerprint density at radius 1 is 1.29 bits per heavy atom. The van der Waals surface area contributed by atoms with Crippen LogP contribution in [0.2, 0.25) is 0 Å². The molecule has 0 atom stereocenters. The van der Waals surface area contributed by atoms with Crippen molar-refractivity contribution in [2.24, 2.45) is 0 Å². The second-order valence-electron chi connectivity index (χ2n) is 3.37. The Labute approximate surface area is 79.8 Å². The molecule has 0 spiro atoms. The van der Waals surface area contributed by atoms with Gasteiger partial charge in [-0.25, -0.2) is 4.52 Å². The second kappa shape index (κ2) is 2.60. The quantitative estimate of drug-likeness (QED) is 0.608. The third kappa shape index (κ3) is 0.891. The minimum Gasteiger partial charge on any atom is -0.292 e. The number of fused-ring (bicyclic) bond motifs is 3. The number of aromatic nitrogens is 4. The average Bonchev–Trinajstić information content (AvgIpc) is 2.66. The third-order valence-electron chi connectivity index (χ3n) is 2.49. The van der Waals surface area contributed by atoms with Crippen molar-refractivity contribution in [3.63, 3.8) is 0 Å². The van der Waals surface area contributed by atoms with E-state index in [0.29, 0.717) is 17.8 Å². The molecule has 0 bridgehead atoms. The summed E-state index contributed by atoms with van der Waals surface area (Å²) in [5, 5.41) is 12.0. The Balaban J connectivity index is 2.38. The number of nitrogens with zero attached hydrogens (tertiary/aromatic N) is 4. The molecule has 0 N–H and O–H groups in total. The zero-order chi connectivity index (χ0) is 9.54. The number of hydrogen-bond acceptors (Lipinski definition) is 4. The summed E-state index contributed by atoms with van der Waals surface area (Å²) in [4.78, 5) is 11.5. The summed E-state index contributed by atoms with van der Waals surface area (Å²) in [6.07, 6.45) is 3.99. The number of carbonyl (C=O) groups excluding carboxylic acids is 1. The first-order valence-electron chi connectivity index (χ1n) is 4.59. The summed E-state index contributed by atoms with van der Waals surface area (Å²) in [5.74, 6) is 0.0798. The SMILES string of the molecule is O=C1CCCc2c1nnc1ccnn21. The van der Waals surface area contributed by atoms with E-state index in [-0.39, 0.29) is 5.78 Å². The van der Waals surface area contributed by atoms with Crippen molar-refractivity contribution < 1.29 is 4.79 Å². The van der Waals surface area contributed by atoms with Gasteiger partial charge in [0.1, 0.15) is 0 Å². The zero-order valence-corrected chi connectivity index (χ0v) is 7.47. The van der Waals surface area contributed by atoms with Crippen LogP contribution >= 0.6 is 0 Å². The van der Waals surface area contributed by atoms with Gasteiger partial charge >= 0.3 is 0 Å². The minimum atomic E-state index is 0.0798. The summed E-state index contributed by atoms with van der Waals surface area (Å²) in [6.45, 7) is 0. The van der Waals surface area contributed by atoms with Crippen molar-refractivity contribution in [3.05, 3.63) is 23.7 Å². The normalized spacial score (nSPS) is 15.9. The number of hydrogen-bond donors (Lipinski definition) is 0. The van der Waals surface area contributed by atoms with E-state index in [0.717, 1.165) is 18.5 Å². The molecule has 0 fully saturated rings. The second-order valence-corrected chi connectivity index (χ2v) is 3.37. The highest BCUT2D eigenvalue weighted by Crippen LogP contribution is 2.18. The zero-order valence-electron chi connectivity index (χ0n) is 7.47. The van der Waals surface area contributed by atoms with Crippen LogP contribution in [0.1, 0.15) is 29.0 Å². The lowest BCUT2D eigenvalue weighted by molar-refractivity contribution is 0.0964. The molecule has 0 saturated carbocycles. The van der Waals surface area contributed by atoms with E-state index in [1.54, 1.807) is 16.8 Å². The van der Waals surface area contributed by atoms with Gasteiger partial charge in [0.2, 0.25) is 0 Å². The first kappa shape index (κ1) is 7.61. The van der Waals surface area contributed by atoms with E-state index in [4.69, 9.17) is 0 Å². The maximum atomic E-state index is 11.5. The summed E-state index contributed by atoms with van der Waals surface area (Å²) in [6, 6.07) is 1.78. The van der Waals surface area contributed by atoms with Crippen molar-refractivity contribution in [3.8, 4) is 0 Å². The fourth-order valence-corrected chi connectivity index (χ4v) is 1.82. The van der Waals surface area contributed by atoms with Gasteiger partial charge in [-0.3, -0.25) is 4.79 Å². The molecule has 2 aromatic heterocycles. The molecule has 2 aromatic rings. The molecule has 5 heteroatoms. The van der Waals surface area contributed by atoms with E-state index in [2.05, 4.69) is 15.3 Å². The molecule has 14 heavy (non-hydrogen) atoms. The van der Waals surface area contributed by atoms with Gasteiger partial charge in [-0.05, 0) is 12.8 Å². The smallest absolute Gasteiger partial charge is 0.184 e. The van der Waals surface area contributed by atoms with Gasteiger partial charge in [-0.15, -0.1) is 10.2 Å². The summed E-state index contributed by atoms with van der Waals surface area (Å²) in [5.41, 5.74) is 2.10. The van der Waals surface area contributed by atoms with Crippen molar-refractivity contribution in [2.75, 3.05) is 0 Å². The van der Waals surface area contributed by atoms with Gasteiger partial charge in [0.05, 0.1) is 11.9 Å². The molecule has 0 aromatic carbocycles. The predicted octanol–water partition coefficient (Wildman–Crippen LogP) is 0.643. The monoisotopic (exact) mass is 188 g/mol. The third-order valence-corrected chi connectivity index (χ3v) is 2.49. The van der Waals surface area contributed by atoms with E-state index in [9.17, 15) is 4.79 Å². The lowest BCUT2D eigenvalue weighted by Gasteiger charge is -2.12. The highest BCUT2D eigenvalue weighted by atomic mass is 16.1. The van der Waals surface area contributed by atoms with Crippen LogP contribution in [0.3, 0.4) is 0 Å². The summed E-state index contributed by atoms with van der Waals surface area (Å²) in [7, 11) is 0. The van der Waals surface area contributed by atoms with Crippen molar-refractivity contribution in [2.45, 2.75) is 19.3 Å². The van der Waals surface area contributed by atoms with Crippen LogP contribution < -0.4 is 0 Å². The lowest BCUT2D eigenvalue weighted by atomic mass is 10.00. The van der Waals surface area contributed by atoms with E-state index < -0.39 is 0 Å². The topological polar surface area (TPSA) is 60.2 Å². The number of aryl methyl sites for hydroxylation is 1. The summed E-state index contributed by atoms with van der Waals surface area (Å²) < 4.78 is 1.71. The lowest BCUT2D eigenvalue weighted by Crippen LogP contribution is -2.18. The van der Waals surface area contributed by atoms with Gasteiger partial charge in [-0.1, -0.05) is 0 Å². The van der Waals surface area contributed by atoms with Gasteiger partial charge in [0.15, 0.2) is 17.1 Å². The van der Waals surface area contributed by atoms with E-state index >= 15 is 0 Å². The Kier molecular flexibility index (Phi) is 1.41. The molecule has 3 rings (SSSR count). The van der Waals surface area contributed by atoms with Crippen molar-refractivity contribution in [1.29, 1.82) is 0 Å². The Bertz CT molecular complexity index is 517. The molecule has 2 heterocycles. The maximum Gasteiger partial charge on any atom is 0.184 e. The predicted molar refractivity (Wildman–Crippen MR) is 48.1 cm³/mol. The molecule has 1 aliphatic carbocycles. The van der Waals surface area contributed by atoms with Crippen LogP contribution in [0.25, 0.3) is 5.65 Å². The van der Waals surface area contributed by atoms with Crippen LogP contribution in [0.4, 0.5) is 0 Å². The highest BCUT2D eigenvalue weighted by Gasteiger charge is 2.22. The molecule has 0 unspecified atom stereocenters. The standard InChI is InChI=1S/C9H8N4O/c14-7-3-1-2-6-9(7)12-11-8-4-5-10-13(6)8/h4-5H,1-3H2. The highest BCUT2D eigenvalue weighted by molar-refractivity contribution is 5.96. The number of ketones is 1. The number of Topliss-reactive ketones (excluding diaryl/α,β-unsaturated/α-hetero) is 1. The fraction of sp³-hybridized carbons (Fsp3) is 0.333. The molecule has 5 nitrogen and oxygen atoms in total. The average molecular weight is 188 g/mol. The molecule has 0 saturated heterocycles. The van der Waals surface area contributed by atoms with Gasteiger partial charge < -0.3 is 0 Å². The van der Waals surface area contributed by atoms with Crippen molar-refractivity contribution in [1.82, 2.24) is 19.8 Å².